The van der Waals surface area contributed by atoms with Gasteiger partial charge in [-0.25, -0.2) is 0 Å². The molecular formula is C22H22F3O3-. The van der Waals surface area contributed by atoms with Crippen LogP contribution in [0.2, 0.25) is 0 Å². The Kier molecular flexibility index (Phi) is 3.72. The van der Waals surface area contributed by atoms with Gasteiger partial charge in [0.25, 0.3) is 0 Å². The average molecular weight is 391 g/mol. The lowest BCUT2D eigenvalue weighted by Gasteiger charge is -2.45. The number of ether oxygens (including phenoxy) is 1. The van der Waals surface area contributed by atoms with Gasteiger partial charge in [-0.05, 0) is 79.9 Å². The second-order valence-corrected chi connectivity index (χ2v) is 9.05. The number of carboxylic acid groups (broad SMARTS) is 1. The number of halogens is 3. The molecule has 4 saturated carbocycles. The van der Waals surface area contributed by atoms with E-state index in [0.29, 0.717) is 30.1 Å². The molecule has 0 aromatic heterocycles. The van der Waals surface area contributed by atoms with Crippen molar-refractivity contribution < 1.29 is 27.8 Å². The van der Waals surface area contributed by atoms with E-state index in [1.807, 2.05) is 0 Å². The highest BCUT2D eigenvalue weighted by Gasteiger charge is 2.67. The fraction of sp³-hybridized carbons (Fsp3) is 0.591. The molecule has 4 bridgehead atoms. The maximum Gasteiger partial charge on any atom is 0.419 e. The monoisotopic (exact) mass is 391 g/mol. The molecule has 6 heteroatoms. The molecule has 3 nitrogen and oxygen atoms in total. The highest BCUT2D eigenvalue weighted by Crippen LogP contribution is 2.70. The molecule has 150 valence electrons. The lowest BCUT2D eigenvalue weighted by atomic mass is 9.65. The van der Waals surface area contributed by atoms with E-state index in [9.17, 15) is 23.1 Å². The molecular weight excluding hydrogens is 369 g/mol. The molecule has 1 aromatic rings. The maximum absolute atomic E-state index is 13.5. The summed E-state index contributed by atoms with van der Waals surface area (Å²) >= 11 is 0. The van der Waals surface area contributed by atoms with Crippen molar-refractivity contribution in [3.63, 3.8) is 0 Å². The van der Waals surface area contributed by atoms with Crippen LogP contribution in [-0.4, -0.2) is 11.6 Å². The van der Waals surface area contributed by atoms with E-state index in [4.69, 9.17) is 4.74 Å². The Hall–Kier alpha value is -1.98. The van der Waals surface area contributed by atoms with Crippen molar-refractivity contribution in [3.05, 3.63) is 42.0 Å². The predicted octanol–water partition coefficient (Wildman–Crippen LogP) is 4.07. The molecule has 0 radical (unpaired) electrons. The Labute approximate surface area is 161 Å². The predicted molar refractivity (Wildman–Crippen MR) is 93.4 cm³/mol. The molecule has 0 amide bonds. The molecule has 1 aromatic carbocycles. The number of hydrogen-bond donors (Lipinski definition) is 0. The van der Waals surface area contributed by atoms with Gasteiger partial charge in [0, 0.05) is 11.5 Å². The molecule has 4 aliphatic carbocycles. The number of rotatable bonds is 4. The number of carbonyl (C=O) groups excluding carboxylic acids is 1. The van der Waals surface area contributed by atoms with Crippen LogP contribution in [0.5, 0.6) is 5.75 Å². The van der Waals surface area contributed by atoms with Gasteiger partial charge in [-0.3, -0.25) is 0 Å². The van der Waals surface area contributed by atoms with Crippen LogP contribution >= 0.6 is 0 Å². The number of carboxylic acids is 1. The number of aromatic carboxylic acids is 1. The standard InChI is InChI=1S/C22H23F3O3/c1-2-21(10-14-8-16(21)19-12-4-3-11(7-12)18(14)19)28-17-9-13(20(26)27)5-6-15(17)22(23,24)25/h2,5-6,9,11-12,14,16,18-19H,1,3-4,7-8,10H2,(H,26,27)/p-1. The summed E-state index contributed by atoms with van der Waals surface area (Å²) in [4.78, 5) is 11.2. The van der Waals surface area contributed by atoms with Crippen LogP contribution in [0.15, 0.2) is 30.9 Å². The average Bonchev–Trinajstić information content (AvgIpc) is 3.39. The number of alkyl halides is 3. The quantitative estimate of drug-likeness (QED) is 0.574. The SMILES string of the molecule is C=CC1(Oc2cc(C(=O)[O-])ccc2C(F)(F)F)CC2CC1C1C3CCC(C3)C21. The first-order valence-electron chi connectivity index (χ1n) is 9.99. The first-order chi connectivity index (χ1) is 13.2. The third-order valence-electron chi connectivity index (χ3n) is 7.99. The molecule has 7 unspecified atom stereocenters. The van der Waals surface area contributed by atoms with Gasteiger partial charge < -0.3 is 14.6 Å². The Morgan fingerprint density at radius 2 is 1.89 bits per heavy atom. The Balaban J connectivity index is 1.53. The zero-order valence-corrected chi connectivity index (χ0v) is 15.4. The van der Waals surface area contributed by atoms with Crippen LogP contribution in [0, 0.1) is 35.5 Å². The van der Waals surface area contributed by atoms with Gasteiger partial charge in [-0.15, -0.1) is 0 Å². The van der Waals surface area contributed by atoms with Gasteiger partial charge in [0.05, 0.1) is 11.5 Å². The van der Waals surface area contributed by atoms with Gasteiger partial charge in [0.1, 0.15) is 11.4 Å². The molecule has 0 heterocycles. The summed E-state index contributed by atoms with van der Waals surface area (Å²) in [5.74, 6) is 1.25. The van der Waals surface area contributed by atoms with Crippen LogP contribution in [0.1, 0.15) is 48.0 Å². The van der Waals surface area contributed by atoms with E-state index in [0.717, 1.165) is 30.5 Å². The minimum Gasteiger partial charge on any atom is -0.545 e. The number of fused-ring (bicyclic) bond motifs is 9. The summed E-state index contributed by atoms with van der Waals surface area (Å²) in [6.45, 7) is 3.92. The second kappa shape index (κ2) is 5.77. The Morgan fingerprint density at radius 1 is 1.18 bits per heavy atom. The summed E-state index contributed by atoms with van der Waals surface area (Å²) in [6.07, 6.45) is 2.40. The number of benzene rings is 1. The van der Waals surface area contributed by atoms with Gasteiger partial charge in [-0.1, -0.05) is 12.6 Å². The largest absolute Gasteiger partial charge is 0.545 e. The fourth-order valence-electron chi connectivity index (χ4n) is 7.19. The molecule has 0 spiro atoms. The van der Waals surface area contributed by atoms with Crippen molar-refractivity contribution in [2.75, 3.05) is 0 Å². The van der Waals surface area contributed by atoms with E-state index in [2.05, 4.69) is 6.58 Å². The molecule has 4 fully saturated rings. The van der Waals surface area contributed by atoms with Crippen LogP contribution in [0.3, 0.4) is 0 Å². The minimum atomic E-state index is -4.63. The lowest BCUT2D eigenvalue weighted by Crippen LogP contribution is -2.47. The van der Waals surface area contributed by atoms with Gasteiger partial charge in [0.15, 0.2) is 0 Å². The van der Waals surface area contributed by atoms with Crippen LogP contribution < -0.4 is 9.84 Å². The Morgan fingerprint density at radius 3 is 2.54 bits per heavy atom. The molecule has 0 N–H and O–H groups in total. The summed E-state index contributed by atoms with van der Waals surface area (Å²) in [5.41, 5.74) is -2.13. The summed E-state index contributed by atoms with van der Waals surface area (Å²) in [7, 11) is 0. The molecule has 0 aliphatic heterocycles. The number of hydrogen-bond acceptors (Lipinski definition) is 3. The van der Waals surface area contributed by atoms with Crippen LogP contribution in [-0.2, 0) is 6.18 Å². The van der Waals surface area contributed by atoms with Crippen molar-refractivity contribution in [1.82, 2.24) is 0 Å². The van der Waals surface area contributed by atoms with E-state index < -0.39 is 29.1 Å². The highest BCUT2D eigenvalue weighted by molar-refractivity contribution is 5.86. The highest BCUT2D eigenvalue weighted by atomic mass is 19.4. The van der Waals surface area contributed by atoms with Gasteiger partial charge >= 0.3 is 6.18 Å². The zero-order chi connectivity index (χ0) is 19.8. The summed E-state index contributed by atoms with van der Waals surface area (Å²) < 4.78 is 46.7. The minimum absolute atomic E-state index is 0.156. The van der Waals surface area contributed by atoms with Crippen molar-refractivity contribution in [3.8, 4) is 5.75 Å². The third kappa shape index (κ3) is 2.39. The maximum atomic E-state index is 13.5. The van der Waals surface area contributed by atoms with Gasteiger partial charge in [-0.2, -0.15) is 13.2 Å². The Bertz CT molecular complexity index is 848. The summed E-state index contributed by atoms with van der Waals surface area (Å²) in [6, 6.07) is 2.64. The van der Waals surface area contributed by atoms with Crippen molar-refractivity contribution in [1.29, 1.82) is 0 Å². The van der Waals surface area contributed by atoms with Crippen LogP contribution in [0.4, 0.5) is 13.2 Å². The van der Waals surface area contributed by atoms with E-state index in [1.165, 1.54) is 19.3 Å². The van der Waals surface area contributed by atoms with Crippen LogP contribution in [0.25, 0.3) is 0 Å². The first-order valence-corrected chi connectivity index (χ1v) is 9.99. The normalized spacial score (nSPS) is 40.5. The van der Waals surface area contributed by atoms with Gasteiger partial charge in [0.2, 0.25) is 0 Å². The topological polar surface area (TPSA) is 49.4 Å². The smallest absolute Gasteiger partial charge is 0.419 e. The van der Waals surface area contributed by atoms with Crippen molar-refractivity contribution in [2.45, 2.75) is 43.9 Å². The van der Waals surface area contributed by atoms with E-state index in [1.54, 1.807) is 6.08 Å². The first kappa shape index (κ1) is 18.1. The van der Waals surface area contributed by atoms with E-state index in [-0.39, 0.29) is 11.5 Å². The molecule has 0 saturated heterocycles. The van der Waals surface area contributed by atoms with E-state index >= 15 is 0 Å². The molecule has 28 heavy (non-hydrogen) atoms. The molecule has 4 aliphatic rings. The zero-order valence-electron chi connectivity index (χ0n) is 15.4. The van der Waals surface area contributed by atoms with Crippen molar-refractivity contribution in [2.24, 2.45) is 35.5 Å². The lowest BCUT2D eigenvalue weighted by molar-refractivity contribution is -0.255. The summed E-state index contributed by atoms with van der Waals surface area (Å²) in [5, 5.41) is 11.2. The molecule has 5 rings (SSSR count). The third-order valence-corrected chi connectivity index (χ3v) is 7.99. The molecule has 7 atom stereocenters. The number of carbonyl (C=O) groups is 1. The van der Waals surface area contributed by atoms with Crippen molar-refractivity contribution >= 4 is 5.97 Å². The second-order valence-electron chi connectivity index (χ2n) is 9.05. The fourth-order valence-corrected chi connectivity index (χ4v) is 7.19.